The van der Waals surface area contributed by atoms with Crippen molar-refractivity contribution in [3.8, 4) is 0 Å². The summed E-state index contributed by atoms with van der Waals surface area (Å²) >= 11 is 0. The van der Waals surface area contributed by atoms with Crippen molar-refractivity contribution < 1.29 is 71.6 Å². The van der Waals surface area contributed by atoms with Crippen molar-refractivity contribution in [2.45, 2.75) is 143 Å². The van der Waals surface area contributed by atoms with E-state index in [0.29, 0.717) is 65.6 Å². The number of unbranched alkanes of at least 4 members (excludes halogenated alkanes) is 10. The smallest absolute Gasteiger partial charge is 0.311 e. The lowest BCUT2D eigenvalue weighted by atomic mass is 10.1. The second-order valence-electron chi connectivity index (χ2n) is 25.0. The highest BCUT2D eigenvalue weighted by molar-refractivity contribution is 6.01. The van der Waals surface area contributed by atoms with Gasteiger partial charge in [0.1, 0.15) is 0 Å². The van der Waals surface area contributed by atoms with Crippen molar-refractivity contribution in [2.24, 2.45) is 29.6 Å². The molecule has 0 spiro atoms. The van der Waals surface area contributed by atoms with Crippen LogP contribution in [0.2, 0.25) is 0 Å². The Morgan fingerprint density at radius 3 is 1.07 bits per heavy atom. The van der Waals surface area contributed by atoms with Crippen molar-refractivity contribution in [1.82, 2.24) is 9.80 Å². The molecule has 0 aliphatic carbocycles. The van der Waals surface area contributed by atoms with Gasteiger partial charge in [-0.2, -0.15) is 0 Å². The molecule has 5 atom stereocenters. The fraction of sp³-hybridized carbons (Fsp3) is 0.487. The molecule has 0 aromatic heterocycles. The van der Waals surface area contributed by atoms with E-state index in [1.165, 1.54) is 71.1 Å². The van der Waals surface area contributed by atoms with Crippen LogP contribution in [0.3, 0.4) is 0 Å². The minimum atomic E-state index is -0.335. The topological polar surface area (TPSA) is 233 Å². The Morgan fingerprint density at radius 1 is 0.347 bits per heavy atom. The molecule has 5 aliphatic heterocycles. The summed E-state index contributed by atoms with van der Waals surface area (Å²) in [6.07, 6.45) is 16.6. The van der Waals surface area contributed by atoms with E-state index in [4.69, 9.17) is 14.2 Å². The highest BCUT2D eigenvalue weighted by atomic mass is 16.5. The van der Waals surface area contributed by atoms with Crippen LogP contribution < -0.4 is 14.7 Å². The Hall–Kier alpha value is -9.20. The van der Waals surface area contributed by atoms with Crippen molar-refractivity contribution in [2.75, 3.05) is 88.0 Å². The summed E-state index contributed by atoms with van der Waals surface area (Å²) < 4.78 is 24.9. The minimum Gasteiger partial charge on any atom is -0.469 e. The number of carbonyl (C=O) groups excluding carboxylic acids is 10. The summed E-state index contributed by atoms with van der Waals surface area (Å²) in [4.78, 5) is 126. The molecule has 0 saturated carbocycles. The van der Waals surface area contributed by atoms with Crippen molar-refractivity contribution in [1.29, 1.82) is 0 Å². The average molecular weight is 1350 g/mol. The molecule has 5 aliphatic rings. The number of methoxy groups -OCH3 is 2. The molecule has 5 fully saturated rings. The van der Waals surface area contributed by atoms with Crippen LogP contribution in [-0.2, 0) is 84.6 Å². The molecule has 5 heterocycles. The van der Waals surface area contributed by atoms with Crippen LogP contribution in [0, 0.1) is 29.6 Å². The Kier molecular flexibility index (Phi) is 34.3. The number of amides is 5. The summed E-state index contributed by atoms with van der Waals surface area (Å²) in [5.41, 5.74) is 4.81. The molecule has 20 nitrogen and oxygen atoms in total. The Bertz CT molecular complexity index is 3270. The molecule has 0 radical (unpaired) electrons. The van der Waals surface area contributed by atoms with E-state index in [-0.39, 0.29) is 121 Å². The molecule has 10 rings (SSSR count). The maximum absolute atomic E-state index is 12.2. The quantitative estimate of drug-likeness (QED) is 0.0257. The van der Waals surface area contributed by atoms with Crippen molar-refractivity contribution in [3.63, 3.8) is 0 Å². The maximum Gasteiger partial charge on any atom is 0.311 e. The summed E-state index contributed by atoms with van der Waals surface area (Å²) in [6, 6.07) is 48.1. The summed E-state index contributed by atoms with van der Waals surface area (Å²) in [6.45, 7) is 10.8. The summed E-state index contributed by atoms with van der Waals surface area (Å²) in [5, 5.41) is 0. The van der Waals surface area contributed by atoms with Gasteiger partial charge in [0.2, 0.25) is 29.5 Å². The second kappa shape index (κ2) is 43.2. The number of para-hydroxylation sites is 3. The molecule has 0 N–H and O–H groups in total. The number of nitrogens with zero attached hydrogens (tertiary/aromatic N) is 5. The van der Waals surface area contributed by atoms with Gasteiger partial charge in [0.05, 0.1) is 63.6 Å². The van der Waals surface area contributed by atoms with Crippen molar-refractivity contribution in [3.05, 3.63) is 163 Å². The zero-order valence-electron chi connectivity index (χ0n) is 58.0. The van der Waals surface area contributed by atoms with Crippen LogP contribution >= 0.6 is 0 Å². The van der Waals surface area contributed by atoms with E-state index < -0.39 is 0 Å². The van der Waals surface area contributed by atoms with Gasteiger partial charge in [-0.3, -0.25) is 47.9 Å². The number of ether oxygens (including phenoxy) is 5. The predicted molar refractivity (Wildman–Crippen MR) is 375 cm³/mol. The highest BCUT2D eigenvalue weighted by Crippen LogP contribution is 2.29. The molecule has 528 valence electrons. The van der Waals surface area contributed by atoms with Gasteiger partial charge in [0, 0.05) is 95.0 Å². The summed E-state index contributed by atoms with van der Waals surface area (Å²) in [5.74, 6) is -2.90. The van der Waals surface area contributed by atoms with Gasteiger partial charge in [0.25, 0.3) is 0 Å². The van der Waals surface area contributed by atoms with Crippen LogP contribution in [0.15, 0.2) is 152 Å². The third kappa shape index (κ3) is 26.0. The number of likely N-dealkylation sites (tertiary alicyclic amines) is 2. The summed E-state index contributed by atoms with van der Waals surface area (Å²) in [7, 11) is 2.71. The predicted octanol–water partition coefficient (Wildman–Crippen LogP) is 11.9. The van der Waals surface area contributed by atoms with Crippen molar-refractivity contribution >= 4 is 76.4 Å². The fourth-order valence-electron chi connectivity index (χ4n) is 12.0. The van der Waals surface area contributed by atoms with E-state index in [1.807, 2.05) is 159 Å². The van der Waals surface area contributed by atoms with Crippen LogP contribution in [0.25, 0.3) is 0 Å². The number of anilines is 3. The number of hydrogen-bond donors (Lipinski definition) is 0. The first-order chi connectivity index (χ1) is 47.6. The van der Waals surface area contributed by atoms with Gasteiger partial charge in [-0.25, -0.2) is 0 Å². The first-order valence-corrected chi connectivity index (χ1v) is 34.9. The second-order valence-corrected chi connectivity index (χ2v) is 25.0. The van der Waals surface area contributed by atoms with Gasteiger partial charge in [-0.15, -0.1) is 0 Å². The monoisotopic (exact) mass is 1350 g/mol. The first-order valence-electron chi connectivity index (χ1n) is 34.9. The lowest BCUT2D eigenvalue weighted by Gasteiger charge is -2.16. The lowest BCUT2D eigenvalue weighted by molar-refractivity contribution is -0.149. The number of benzene rings is 5. The molecule has 98 heavy (non-hydrogen) atoms. The zero-order valence-corrected chi connectivity index (χ0v) is 58.0. The van der Waals surface area contributed by atoms with Crippen LogP contribution in [0.4, 0.5) is 17.1 Å². The fourth-order valence-corrected chi connectivity index (χ4v) is 12.0. The third-order valence-corrected chi connectivity index (χ3v) is 17.6. The van der Waals surface area contributed by atoms with Gasteiger partial charge >= 0.3 is 29.8 Å². The number of rotatable bonds is 28. The molecule has 5 amide bonds. The molecular weight excluding hydrogens is 1250 g/mol. The molecule has 5 unspecified atom stereocenters. The van der Waals surface area contributed by atoms with E-state index >= 15 is 0 Å². The van der Waals surface area contributed by atoms with E-state index in [0.717, 1.165) is 54.7 Å². The van der Waals surface area contributed by atoms with Crippen LogP contribution in [0.1, 0.15) is 141 Å². The van der Waals surface area contributed by atoms with Gasteiger partial charge in [-0.1, -0.05) is 193 Å². The Morgan fingerprint density at radius 2 is 0.663 bits per heavy atom. The van der Waals surface area contributed by atoms with E-state index in [1.54, 1.807) is 31.4 Å². The molecule has 0 bridgehead atoms. The lowest BCUT2D eigenvalue weighted by Crippen LogP contribution is -2.28. The zero-order chi connectivity index (χ0) is 70.4. The Labute approximate surface area is 578 Å². The molecule has 5 saturated heterocycles. The van der Waals surface area contributed by atoms with E-state index in [9.17, 15) is 47.9 Å². The standard InChI is InChI=1S/C24H37NO3.C15H19NO3.C14H17NO3.C13H15NO3.C12H13NO3/c1-2-3-4-5-6-7-8-9-10-14-17-28-24(27)22-18-23(26)25(20-22)19-21-15-12-11-13-16-21;1-2-3-9-19-15(18)12-10-14(17)16(11-12)13-7-5-4-6-8-13;1-18-14(17)12-9-13(16)15(10-12)8-7-11-5-3-2-4-6-11;1-2-17-13(16)10-8-12(15)14(9-10)11-6-4-3-5-7-11;1-16-12(15)9-7-11(14)13(8-9)10-5-3-2-4-6-10/h11-13,15-16,22H,2-10,14,17-20H2,1H3;4-8,12H,2-3,9-11H2,1H3;2-6,12H,7-10H2,1H3;3-7,10H,2,8-9H2,1H3;2-6,9H,7-8H2,1H3. The molecule has 20 heteroatoms. The SMILES string of the molecule is CCCCCCCCCCCCOC(=O)C1CC(=O)N(Cc2ccccc2)C1.CCCCOC(=O)C1CC(=O)N(c2ccccc2)C1.CCOC(=O)C1CC(=O)N(c2ccccc2)C1.COC(=O)C1CC(=O)N(CCc2ccccc2)C1.COC(=O)C1CC(=O)N(c2ccccc2)C1. The minimum absolute atomic E-state index is 0.0105. The molecular formula is C78H101N5O15. The number of carbonyl (C=O) groups is 10. The Balaban J connectivity index is 0.000000196. The highest BCUT2D eigenvalue weighted by Gasteiger charge is 2.39. The van der Waals surface area contributed by atoms with Gasteiger partial charge in [0.15, 0.2) is 0 Å². The average Bonchev–Trinajstić information content (AvgIpc) is 1.71. The largest absolute Gasteiger partial charge is 0.469 e. The third-order valence-electron chi connectivity index (χ3n) is 17.6. The number of esters is 5. The van der Waals surface area contributed by atoms with Gasteiger partial charge < -0.3 is 48.2 Å². The first kappa shape index (κ1) is 77.8. The molecule has 5 aromatic rings. The molecule has 5 aromatic carbocycles. The normalized spacial score (nSPS) is 18.5. The van der Waals surface area contributed by atoms with Crippen LogP contribution in [-0.4, -0.2) is 142 Å². The van der Waals surface area contributed by atoms with Crippen LogP contribution in [0.5, 0.6) is 0 Å². The van der Waals surface area contributed by atoms with E-state index in [2.05, 4.69) is 16.4 Å². The van der Waals surface area contributed by atoms with Gasteiger partial charge in [-0.05, 0) is 73.7 Å². The maximum atomic E-state index is 12.2. The number of hydrogen-bond acceptors (Lipinski definition) is 15.